The van der Waals surface area contributed by atoms with Gasteiger partial charge in [-0.15, -0.1) is 0 Å². The Kier molecular flexibility index (Phi) is 4.02. The summed E-state index contributed by atoms with van der Waals surface area (Å²) in [7, 11) is 0. The summed E-state index contributed by atoms with van der Waals surface area (Å²) in [6.45, 7) is 11.8. The maximum atomic E-state index is 3.46. The van der Waals surface area contributed by atoms with E-state index < -0.39 is 0 Å². The molecular formula is C10H22N2. The fourth-order valence-electron chi connectivity index (χ4n) is 1.66. The zero-order chi connectivity index (χ0) is 8.97. The van der Waals surface area contributed by atoms with Gasteiger partial charge in [-0.25, -0.2) is 0 Å². The molecule has 0 unspecified atom stereocenters. The average molecular weight is 170 g/mol. The average Bonchev–Trinajstić information content (AvgIpc) is 2.01. The third-order valence-corrected chi connectivity index (χ3v) is 2.48. The first-order valence-electron chi connectivity index (χ1n) is 5.14. The number of nitrogens with zero attached hydrogens (tertiary/aromatic N) is 1. The Balaban J connectivity index is 2.14. The van der Waals surface area contributed by atoms with Crippen LogP contribution in [0.3, 0.4) is 0 Å². The summed E-state index contributed by atoms with van der Waals surface area (Å²) in [6.07, 6.45) is 1.34. The van der Waals surface area contributed by atoms with Crippen LogP contribution >= 0.6 is 0 Å². The van der Waals surface area contributed by atoms with Crippen molar-refractivity contribution < 1.29 is 0 Å². The fourth-order valence-corrected chi connectivity index (χ4v) is 1.66. The maximum absolute atomic E-state index is 3.46. The van der Waals surface area contributed by atoms with Crippen molar-refractivity contribution in [1.82, 2.24) is 10.2 Å². The van der Waals surface area contributed by atoms with Gasteiger partial charge in [0.25, 0.3) is 0 Å². The summed E-state index contributed by atoms with van der Waals surface area (Å²) < 4.78 is 0. The summed E-state index contributed by atoms with van der Waals surface area (Å²) in [5, 5.41) is 3.46. The Morgan fingerprint density at radius 1 is 1.50 bits per heavy atom. The number of nitrogens with one attached hydrogen (secondary N) is 1. The van der Waals surface area contributed by atoms with Crippen molar-refractivity contribution >= 4 is 0 Å². The van der Waals surface area contributed by atoms with Gasteiger partial charge < -0.3 is 10.2 Å². The van der Waals surface area contributed by atoms with E-state index in [1.54, 1.807) is 0 Å². The quantitative estimate of drug-likeness (QED) is 0.687. The Bertz CT molecular complexity index is 123. The van der Waals surface area contributed by atoms with Crippen LogP contribution in [0.5, 0.6) is 0 Å². The Morgan fingerprint density at radius 3 is 2.83 bits per heavy atom. The molecule has 0 aliphatic carbocycles. The molecule has 72 valence electrons. The lowest BCUT2D eigenvalue weighted by Crippen LogP contribution is -2.49. The summed E-state index contributed by atoms with van der Waals surface area (Å²) in [5.41, 5.74) is 0. The lowest BCUT2D eigenvalue weighted by molar-refractivity contribution is 0.197. The second kappa shape index (κ2) is 4.83. The van der Waals surface area contributed by atoms with E-state index in [0.29, 0.717) is 6.04 Å². The van der Waals surface area contributed by atoms with Crippen LogP contribution in [0.15, 0.2) is 0 Å². The number of rotatable bonds is 3. The van der Waals surface area contributed by atoms with Crippen LogP contribution in [-0.2, 0) is 0 Å². The second-order valence-corrected chi connectivity index (χ2v) is 4.34. The first-order chi connectivity index (χ1) is 5.68. The molecule has 1 rings (SSSR count). The highest BCUT2D eigenvalue weighted by atomic mass is 15.2. The highest BCUT2D eigenvalue weighted by Gasteiger charge is 2.14. The molecule has 2 heteroatoms. The predicted octanol–water partition coefficient (Wildman–Crippen LogP) is 1.33. The van der Waals surface area contributed by atoms with Crippen LogP contribution in [0.1, 0.15) is 27.2 Å². The molecule has 1 aliphatic rings. The molecule has 0 radical (unpaired) electrons. The highest BCUT2D eigenvalue weighted by Crippen LogP contribution is 2.04. The van der Waals surface area contributed by atoms with Crippen molar-refractivity contribution in [2.75, 3.05) is 26.2 Å². The Morgan fingerprint density at radius 2 is 2.25 bits per heavy atom. The molecule has 0 aromatic rings. The fraction of sp³-hybridized carbons (Fsp3) is 1.00. The summed E-state index contributed by atoms with van der Waals surface area (Å²) >= 11 is 0. The van der Waals surface area contributed by atoms with Crippen LogP contribution < -0.4 is 5.32 Å². The lowest BCUT2D eigenvalue weighted by Gasteiger charge is -2.32. The van der Waals surface area contributed by atoms with E-state index in [9.17, 15) is 0 Å². The van der Waals surface area contributed by atoms with Gasteiger partial charge in [-0.3, -0.25) is 0 Å². The zero-order valence-corrected chi connectivity index (χ0v) is 8.64. The predicted molar refractivity (Wildman–Crippen MR) is 53.4 cm³/mol. The van der Waals surface area contributed by atoms with E-state index in [4.69, 9.17) is 0 Å². The molecule has 0 bridgehead atoms. The van der Waals surface area contributed by atoms with E-state index in [-0.39, 0.29) is 0 Å². The molecule has 1 aliphatic heterocycles. The van der Waals surface area contributed by atoms with Crippen LogP contribution in [0.4, 0.5) is 0 Å². The molecule has 0 amide bonds. The van der Waals surface area contributed by atoms with E-state index in [1.807, 2.05) is 0 Å². The number of piperazine rings is 1. The third-order valence-electron chi connectivity index (χ3n) is 2.48. The van der Waals surface area contributed by atoms with Gasteiger partial charge in [-0.05, 0) is 25.8 Å². The molecule has 1 fully saturated rings. The van der Waals surface area contributed by atoms with Crippen molar-refractivity contribution in [2.24, 2.45) is 5.92 Å². The van der Waals surface area contributed by atoms with E-state index >= 15 is 0 Å². The molecule has 1 heterocycles. The van der Waals surface area contributed by atoms with E-state index in [0.717, 1.165) is 5.92 Å². The molecule has 0 aromatic heterocycles. The van der Waals surface area contributed by atoms with Crippen molar-refractivity contribution in [2.45, 2.75) is 33.2 Å². The summed E-state index contributed by atoms with van der Waals surface area (Å²) in [5.74, 6) is 0.843. The van der Waals surface area contributed by atoms with Crippen LogP contribution in [0, 0.1) is 5.92 Å². The van der Waals surface area contributed by atoms with Crippen LogP contribution in [0.25, 0.3) is 0 Å². The van der Waals surface area contributed by atoms with Gasteiger partial charge in [0.1, 0.15) is 0 Å². The second-order valence-electron chi connectivity index (χ2n) is 4.34. The van der Waals surface area contributed by atoms with Gasteiger partial charge in [0.15, 0.2) is 0 Å². The number of hydrogen-bond acceptors (Lipinski definition) is 2. The summed E-state index contributed by atoms with van der Waals surface area (Å²) in [4.78, 5) is 2.57. The maximum Gasteiger partial charge on any atom is 0.0167 e. The monoisotopic (exact) mass is 170 g/mol. The normalized spacial score (nSPS) is 26.5. The van der Waals surface area contributed by atoms with Crippen molar-refractivity contribution in [3.05, 3.63) is 0 Å². The first kappa shape index (κ1) is 10.0. The van der Waals surface area contributed by atoms with Crippen molar-refractivity contribution in [3.8, 4) is 0 Å². The highest BCUT2D eigenvalue weighted by molar-refractivity contribution is 4.74. The SMILES string of the molecule is CC(C)CCN1CCN[C@H](C)C1. The van der Waals surface area contributed by atoms with Crippen molar-refractivity contribution in [1.29, 1.82) is 0 Å². The molecule has 1 N–H and O–H groups in total. The van der Waals surface area contributed by atoms with Gasteiger partial charge in [0.2, 0.25) is 0 Å². The van der Waals surface area contributed by atoms with Gasteiger partial charge in [-0.1, -0.05) is 13.8 Å². The van der Waals surface area contributed by atoms with Crippen LogP contribution in [-0.4, -0.2) is 37.1 Å². The smallest absolute Gasteiger partial charge is 0.0167 e. The Labute approximate surface area is 76.3 Å². The van der Waals surface area contributed by atoms with Gasteiger partial charge in [0.05, 0.1) is 0 Å². The van der Waals surface area contributed by atoms with Crippen molar-refractivity contribution in [3.63, 3.8) is 0 Å². The van der Waals surface area contributed by atoms with Gasteiger partial charge in [-0.2, -0.15) is 0 Å². The van der Waals surface area contributed by atoms with Gasteiger partial charge in [0, 0.05) is 25.7 Å². The third kappa shape index (κ3) is 3.55. The first-order valence-corrected chi connectivity index (χ1v) is 5.14. The van der Waals surface area contributed by atoms with E-state index in [2.05, 4.69) is 31.0 Å². The molecule has 1 saturated heterocycles. The minimum absolute atomic E-state index is 0.686. The summed E-state index contributed by atoms with van der Waals surface area (Å²) in [6, 6.07) is 0.686. The molecule has 2 nitrogen and oxygen atoms in total. The lowest BCUT2D eigenvalue weighted by atomic mass is 10.1. The minimum Gasteiger partial charge on any atom is -0.312 e. The molecule has 0 aromatic carbocycles. The largest absolute Gasteiger partial charge is 0.312 e. The van der Waals surface area contributed by atoms with E-state index in [1.165, 1.54) is 32.6 Å². The molecule has 1 atom stereocenters. The molecule has 0 spiro atoms. The van der Waals surface area contributed by atoms with Crippen LogP contribution in [0.2, 0.25) is 0 Å². The minimum atomic E-state index is 0.686. The zero-order valence-electron chi connectivity index (χ0n) is 8.64. The standard InChI is InChI=1S/C10H22N2/c1-9(2)4-6-12-7-5-11-10(3)8-12/h9-11H,4-8H2,1-3H3/t10-/m1/s1. The topological polar surface area (TPSA) is 15.3 Å². The molecule has 0 saturated carbocycles. The molecule has 12 heavy (non-hydrogen) atoms. The number of hydrogen-bond donors (Lipinski definition) is 1. The van der Waals surface area contributed by atoms with Gasteiger partial charge >= 0.3 is 0 Å². The Hall–Kier alpha value is -0.0800. The molecular weight excluding hydrogens is 148 g/mol.